The summed E-state index contributed by atoms with van der Waals surface area (Å²) in [5, 5.41) is 15.2. The minimum absolute atomic E-state index is 0.295. The van der Waals surface area contributed by atoms with Crippen LogP contribution in [0.15, 0.2) is 11.0 Å². The molecule has 12 heteroatoms. The highest BCUT2D eigenvalue weighted by Gasteiger charge is 2.37. The van der Waals surface area contributed by atoms with Crippen molar-refractivity contribution in [1.82, 2.24) is 4.98 Å². The Balaban J connectivity index is 3.58. The zero-order valence-electron chi connectivity index (χ0n) is 9.13. The second kappa shape index (κ2) is 4.62. The van der Waals surface area contributed by atoms with Gasteiger partial charge in [0.2, 0.25) is 10.0 Å². The normalized spacial score (nSPS) is 12.3. The van der Waals surface area contributed by atoms with Crippen molar-refractivity contribution >= 4 is 15.8 Å². The van der Waals surface area contributed by atoms with Gasteiger partial charge >= 0.3 is 12.2 Å². The van der Waals surface area contributed by atoms with Crippen LogP contribution in [0, 0.1) is 17.0 Å². The average molecular weight is 301 g/mol. The first-order valence-corrected chi connectivity index (χ1v) is 5.91. The lowest BCUT2D eigenvalue weighted by atomic mass is 10.3. The van der Waals surface area contributed by atoms with Gasteiger partial charge in [-0.1, -0.05) is 0 Å². The largest absolute Gasteiger partial charge is 0.573 e. The predicted octanol–water partition coefficient (Wildman–Crippen LogP) is 0.844. The average Bonchev–Trinajstić information content (AvgIpc) is 2.16. The molecule has 2 N–H and O–H groups in total. The third-order valence-electron chi connectivity index (χ3n) is 1.81. The van der Waals surface area contributed by atoms with E-state index in [1.54, 1.807) is 0 Å². The maximum Gasteiger partial charge on any atom is 0.573 e. The lowest BCUT2D eigenvalue weighted by molar-refractivity contribution is -0.390. The first kappa shape index (κ1) is 15.1. The second-order valence-electron chi connectivity index (χ2n) is 3.24. The molecule has 1 aromatic heterocycles. The Morgan fingerprint density at radius 1 is 1.47 bits per heavy atom. The van der Waals surface area contributed by atoms with Crippen LogP contribution in [0.3, 0.4) is 0 Å². The van der Waals surface area contributed by atoms with Crippen LogP contribution in [0.2, 0.25) is 0 Å². The Kier molecular flexibility index (Phi) is 3.67. The summed E-state index contributed by atoms with van der Waals surface area (Å²) in [4.78, 5) is 11.4. The molecule has 1 rings (SSSR count). The van der Waals surface area contributed by atoms with E-state index >= 15 is 0 Å². The van der Waals surface area contributed by atoms with E-state index in [4.69, 9.17) is 0 Å². The third-order valence-corrected chi connectivity index (χ3v) is 2.72. The van der Waals surface area contributed by atoms with Gasteiger partial charge in [0, 0.05) is 6.92 Å². The van der Waals surface area contributed by atoms with E-state index in [2.05, 4.69) is 14.9 Å². The maximum atomic E-state index is 12.1. The van der Waals surface area contributed by atoms with Gasteiger partial charge in [0.15, 0.2) is 11.4 Å². The third kappa shape index (κ3) is 3.75. The Morgan fingerprint density at radius 2 is 2.00 bits per heavy atom. The minimum atomic E-state index is -5.19. The number of alkyl halides is 3. The highest BCUT2D eigenvalue weighted by Crippen LogP contribution is 2.33. The molecule has 19 heavy (non-hydrogen) atoms. The van der Waals surface area contributed by atoms with Gasteiger partial charge in [-0.15, -0.1) is 13.2 Å². The van der Waals surface area contributed by atoms with Gasteiger partial charge in [-0.2, -0.15) is 0 Å². The number of sulfonamides is 1. The minimum Gasteiger partial charge on any atom is -0.400 e. The van der Waals surface area contributed by atoms with Crippen molar-refractivity contribution in [2.75, 3.05) is 0 Å². The molecule has 0 unspecified atom stereocenters. The number of nitrogens with zero attached hydrogens (tertiary/aromatic N) is 2. The zero-order valence-corrected chi connectivity index (χ0v) is 9.95. The molecular weight excluding hydrogens is 295 g/mol. The molecule has 0 amide bonds. The van der Waals surface area contributed by atoms with Crippen LogP contribution < -0.4 is 9.88 Å². The number of ether oxygens (including phenoxy) is 1. The van der Waals surface area contributed by atoms with E-state index in [1.165, 1.54) is 0 Å². The number of aromatic nitrogens is 1. The van der Waals surface area contributed by atoms with Gasteiger partial charge in [-0.25, -0.2) is 13.6 Å². The van der Waals surface area contributed by atoms with Crippen LogP contribution in [0.1, 0.15) is 5.69 Å². The van der Waals surface area contributed by atoms with Crippen LogP contribution in [-0.2, 0) is 10.0 Å². The smallest absolute Gasteiger partial charge is 0.400 e. The van der Waals surface area contributed by atoms with Gasteiger partial charge in [0.05, 0.1) is 6.07 Å². The van der Waals surface area contributed by atoms with E-state index in [-0.39, 0.29) is 0 Å². The van der Waals surface area contributed by atoms with Crippen molar-refractivity contribution in [2.24, 2.45) is 5.14 Å². The molecule has 0 atom stereocenters. The maximum absolute atomic E-state index is 12.1. The Hall–Kier alpha value is -1.95. The number of hydrogen-bond acceptors (Lipinski definition) is 6. The number of nitro groups is 1. The van der Waals surface area contributed by atoms with Crippen LogP contribution in [-0.4, -0.2) is 24.7 Å². The summed E-state index contributed by atoms with van der Waals surface area (Å²) in [7, 11) is -4.65. The molecule has 0 aromatic carbocycles. The Labute approximate surface area is 104 Å². The molecule has 0 saturated carbocycles. The summed E-state index contributed by atoms with van der Waals surface area (Å²) in [5.41, 5.74) is -0.629. The van der Waals surface area contributed by atoms with Crippen molar-refractivity contribution in [1.29, 1.82) is 0 Å². The molecule has 0 bridgehead atoms. The van der Waals surface area contributed by atoms with Gasteiger partial charge in [0.1, 0.15) is 4.90 Å². The summed E-state index contributed by atoms with van der Waals surface area (Å²) < 4.78 is 62.2. The molecule has 0 spiro atoms. The van der Waals surface area contributed by atoms with E-state index in [9.17, 15) is 31.7 Å². The van der Waals surface area contributed by atoms with Crippen LogP contribution in [0.4, 0.5) is 19.0 Å². The van der Waals surface area contributed by atoms with Gasteiger partial charge < -0.3 is 14.9 Å². The molecule has 0 saturated heterocycles. The molecule has 1 heterocycles. The predicted molar refractivity (Wildman–Crippen MR) is 53.7 cm³/mol. The molecule has 0 aliphatic heterocycles. The summed E-state index contributed by atoms with van der Waals surface area (Å²) in [5.74, 6) is -2.16. The topological polar surface area (TPSA) is 125 Å². The molecule has 0 aliphatic rings. The molecule has 0 fully saturated rings. The molecule has 0 aliphatic carbocycles. The summed E-state index contributed by atoms with van der Waals surface area (Å²) in [6.45, 7) is 0.919. The Morgan fingerprint density at radius 3 is 2.37 bits per heavy atom. The highest BCUT2D eigenvalue weighted by molar-refractivity contribution is 7.89. The quantitative estimate of drug-likeness (QED) is 0.651. The lowest BCUT2D eigenvalue weighted by Gasteiger charge is -2.12. The van der Waals surface area contributed by atoms with Crippen molar-refractivity contribution < 1.29 is 31.2 Å². The first-order chi connectivity index (χ1) is 8.42. The fourth-order valence-electron chi connectivity index (χ4n) is 1.16. The first-order valence-electron chi connectivity index (χ1n) is 4.36. The van der Waals surface area contributed by atoms with Crippen molar-refractivity contribution in [3.63, 3.8) is 0 Å². The monoisotopic (exact) mass is 301 g/mol. The van der Waals surface area contributed by atoms with E-state index in [1.807, 2.05) is 0 Å². The second-order valence-corrected chi connectivity index (χ2v) is 4.77. The fourth-order valence-corrected chi connectivity index (χ4v) is 1.88. The summed E-state index contributed by atoms with van der Waals surface area (Å²) in [6, 6.07) is 0.295. The lowest BCUT2D eigenvalue weighted by Crippen LogP contribution is -2.22. The summed E-state index contributed by atoms with van der Waals surface area (Å²) in [6.07, 6.45) is -5.19. The molecule has 106 valence electrons. The van der Waals surface area contributed by atoms with Crippen molar-refractivity contribution in [3.8, 4) is 5.75 Å². The number of hydrogen-bond donors (Lipinski definition) is 1. The summed E-state index contributed by atoms with van der Waals surface area (Å²) >= 11 is 0. The van der Waals surface area contributed by atoms with Crippen LogP contribution in [0.5, 0.6) is 5.75 Å². The highest BCUT2D eigenvalue weighted by atomic mass is 32.2. The molecule has 0 radical (unpaired) electrons. The molecule has 8 nitrogen and oxygen atoms in total. The number of pyridine rings is 1. The van der Waals surface area contributed by atoms with E-state index in [0.717, 1.165) is 6.92 Å². The van der Waals surface area contributed by atoms with Crippen molar-refractivity contribution in [3.05, 3.63) is 21.9 Å². The van der Waals surface area contributed by atoms with Gasteiger partial charge in [-0.05, 0) is 9.91 Å². The number of aryl methyl sites for hydroxylation is 1. The van der Waals surface area contributed by atoms with Gasteiger partial charge in [-0.3, -0.25) is 0 Å². The number of halogens is 3. The number of primary sulfonamides is 1. The van der Waals surface area contributed by atoms with E-state index < -0.39 is 43.5 Å². The zero-order chi connectivity index (χ0) is 15.0. The van der Waals surface area contributed by atoms with Crippen molar-refractivity contribution in [2.45, 2.75) is 18.2 Å². The SMILES string of the molecule is Cc1nc([N+](=O)[O-])cc(S(N)(=O)=O)c1OC(F)(F)F. The van der Waals surface area contributed by atoms with Crippen LogP contribution >= 0.6 is 0 Å². The van der Waals surface area contributed by atoms with Crippen LogP contribution in [0.25, 0.3) is 0 Å². The fraction of sp³-hybridized carbons (Fsp3) is 0.286. The van der Waals surface area contributed by atoms with E-state index in [0.29, 0.717) is 6.07 Å². The Bertz CT molecular complexity index is 628. The van der Waals surface area contributed by atoms with Gasteiger partial charge in [0.25, 0.3) is 0 Å². The molecule has 1 aromatic rings. The molecular formula is C7H6F3N3O5S. The standard InChI is InChI=1S/C7H6F3N3O5S/c1-3-6(18-7(8,9)10)4(19(11,16)17)2-5(12-3)13(14)15/h2H,1H3,(H2,11,16,17). The number of nitrogens with two attached hydrogens (primary N) is 1. The number of rotatable bonds is 3.